The van der Waals surface area contributed by atoms with Gasteiger partial charge in [0.25, 0.3) is 5.69 Å². The van der Waals surface area contributed by atoms with Crippen LogP contribution in [0.1, 0.15) is 31.2 Å². The molecular weight excluding hydrogens is 294 g/mol. The molecule has 0 saturated heterocycles. The zero-order chi connectivity index (χ0) is 15.6. The van der Waals surface area contributed by atoms with Gasteiger partial charge in [-0.05, 0) is 18.6 Å². The van der Waals surface area contributed by atoms with Crippen molar-refractivity contribution in [3.05, 3.63) is 50.9 Å². The van der Waals surface area contributed by atoms with Crippen LogP contribution in [0.4, 0.5) is 5.69 Å². The van der Waals surface area contributed by atoms with E-state index in [9.17, 15) is 10.1 Å². The van der Waals surface area contributed by atoms with Crippen molar-refractivity contribution in [1.29, 1.82) is 0 Å². The summed E-state index contributed by atoms with van der Waals surface area (Å²) in [6.45, 7) is 5.67. The SMILES string of the molecule is Cc1ccc([N+](=O)[O-])cc1Oc1cc(Cl)nc(C(C)C)n1. The Hall–Kier alpha value is -2.21. The predicted octanol–water partition coefficient (Wildman–Crippen LogP) is 4.26. The van der Waals surface area contributed by atoms with Gasteiger partial charge in [-0.2, -0.15) is 4.98 Å². The highest BCUT2D eigenvalue weighted by molar-refractivity contribution is 6.29. The highest BCUT2D eigenvalue weighted by Crippen LogP contribution is 2.29. The van der Waals surface area contributed by atoms with Crippen molar-refractivity contribution < 1.29 is 9.66 Å². The van der Waals surface area contributed by atoms with E-state index in [0.717, 1.165) is 5.56 Å². The van der Waals surface area contributed by atoms with Crippen molar-refractivity contribution in [3.8, 4) is 11.6 Å². The van der Waals surface area contributed by atoms with Crippen LogP contribution in [0, 0.1) is 17.0 Å². The standard InChI is InChI=1S/C14H14ClN3O3/c1-8(2)14-16-12(15)7-13(17-14)21-11-6-10(18(19)20)5-4-9(11)3/h4-8H,1-3H3. The molecule has 0 aliphatic heterocycles. The highest BCUT2D eigenvalue weighted by atomic mass is 35.5. The van der Waals surface area contributed by atoms with Gasteiger partial charge >= 0.3 is 0 Å². The predicted molar refractivity (Wildman–Crippen MR) is 79.0 cm³/mol. The second-order valence-electron chi connectivity index (χ2n) is 4.85. The number of halogens is 1. The fourth-order valence-corrected chi connectivity index (χ4v) is 1.83. The Balaban J connectivity index is 2.38. The zero-order valence-corrected chi connectivity index (χ0v) is 12.6. The average molecular weight is 308 g/mol. The highest BCUT2D eigenvalue weighted by Gasteiger charge is 2.13. The molecule has 0 N–H and O–H groups in total. The van der Waals surface area contributed by atoms with Gasteiger partial charge in [0.1, 0.15) is 16.7 Å². The fraction of sp³-hybridized carbons (Fsp3) is 0.286. The first-order valence-electron chi connectivity index (χ1n) is 6.34. The fourth-order valence-electron chi connectivity index (χ4n) is 1.65. The summed E-state index contributed by atoms with van der Waals surface area (Å²) >= 11 is 5.94. The summed E-state index contributed by atoms with van der Waals surface area (Å²) in [6, 6.07) is 5.89. The Labute approximate surface area is 126 Å². The normalized spacial score (nSPS) is 10.7. The van der Waals surface area contributed by atoms with Crippen LogP contribution < -0.4 is 4.74 Å². The minimum absolute atomic E-state index is 0.0418. The third-order valence-electron chi connectivity index (χ3n) is 2.80. The molecule has 0 saturated carbocycles. The largest absolute Gasteiger partial charge is 0.438 e. The molecule has 0 aliphatic rings. The number of rotatable bonds is 4. The van der Waals surface area contributed by atoms with Crippen molar-refractivity contribution in [1.82, 2.24) is 9.97 Å². The lowest BCUT2D eigenvalue weighted by Gasteiger charge is -2.10. The summed E-state index contributed by atoms with van der Waals surface area (Å²) in [7, 11) is 0. The lowest BCUT2D eigenvalue weighted by Crippen LogP contribution is -2.00. The third kappa shape index (κ3) is 3.66. The lowest BCUT2D eigenvalue weighted by molar-refractivity contribution is -0.384. The average Bonchev–Trinajstić information content (AvgIpc) is 2.40. The Bertz CT molecular complexity index is 689. The van der Waals surface area contributed by atoms with Gasteiger partial charge in [-0.3, -0.25) is 10.1 Å². The van der Waals surface area contributed by atoms with Gasteiger partial charge in [0.15, 0.2) is 0 Å². The Morgan fingerprint density at radius 2 is 2.00 bits per heavy atom. The topological polar surface area (TPSA) is 78.2 Å². The molecule has 0 amide bonds. The second-order valence-corrected chi connectivity index (χ2v) is 5.24. The van der Waals surface area contributed by atoms with E-state index in [0.29, 0.717) is 11.6 Å². The molecule has 1 aromatic heterocycles. The summed E-state index contributed by atoms with van der Waals surface area (Å²) < 4.78 is 5.63. The lowest BCUT2D eigenvalue weighted by atomic mass is 10.2. The Morgan fingerprint density at radius 3 is 2.62 bits per heavy atom. The van der Waals surface area contributed by atoms with Crippen molar-refractivity contribution in [2.75, 3.05) is 0 Å². The summed E-state index contributed by atoms with van der Waals surface area (Å²) in [5.41, 5.74) is 0.723. The molecule has 2 rings (SSSR count). The molecular formula is C14H14ClN3O3. The van der Waals surface area contributed by atoms with Crippen molar-refractivity contribution in [3.63, 3.8) is 0 Å². The zero-order valence-electron chi connectivity index (χ0n) is 11.8. The molecule has 0 atom stereocenters. The number of hydrogen-bond acceptors (Lipinski definition) is 5. The number of ether oxygens (including phenoxy) is 1. The Kier molecular flexibility index (Phi) is 4.37. The monoisotopic (exact) mass is 307 g/mol. The third-order valence-corrected chi connectivity index (χ3v) is 3.00. The molecule has 2 aromatic rings. The van der Waals surface area contributed by atoms with E-state index >= 15 is 0 Å². The van der Waals surface area contributed by atoms with Crippen LogP contribution in [0.25, 0.3) is 0 Å². The van der Waals surface area contributed by atoms with Crippen LogP contribution in [-0.2, 0) is 0 Å². The maximum absolute atomic E-state index is 10.8. The number of nitro benzene ring substituents is 1. The maximum Gasteiger partial charge on any atom is 0.273 e. The van der Waals surface area contributed by atoms with Gasteiger partial charge in [0.2, 0.25) is 5.88 Å². The van der Waals surface area contributed by atoms with E-state index in [1.165, 1.54) is 18.2 Å². The molecule has 0 radical (unpaired) electrons. The van der Waals surface area contributed by atoms with Crippen LogP contribution in [0.3, 0.4) is 0 Å². The Morgan fingerprint density at radius 1 is 1.29 bits per heavy atom. The number of benzene rings is 1. The number of hydrogen-bond donors (Lipinski definition) is 0. The molecule has 0 spiro atoms. The van der Waals surface area contributed by atoms with Crippen LogP contribution in [0.5, 0.6) is 11.6 Å². The maximum atomic E-state index is 10.8. The number of aromatic nitrogens is 2. The van der Waals surface area contributed by atoms with Gasteiger partial charge in [-0.25, -0.2) is 4.98 Å². The van der Waals surface area contributed by atoms with Gasteiger partial charge in [0, 0.05) is 18.1 Å². The van der Waals surface area contributed by atoms with Gasteiger partial charge in [-0.1, -0.05) is 25.4 Å². The van der Waals surface area contributed by atoms with Gasteiger partial charge in [0.05, 0.1) is 11.0 Å². The van der Waals surface area contributed by atoms with Crippen LogP contribution >= 0.6 is 11.6 Å². The first-order valence-corrected chi connectivity index (χ1v) is 6.72. The number of non-ortho nitro benzene ring substituents is 1. The van der Waals surface area contributed by atoms with Gasteiger partial charge in [-0.15, -0.1) is 0 Å². The van der Waals surface area contributed by atoms with E-state index < -0.39 is 4.92 Å². The molecule has 21 heavy (non-hydrogen) atoms. The van der Waals surface area contributed by atoms with Crippen molar-refractivity contribution in [2.45, 2.75) is 26.7 Å². The molecule has 110 valence electrons. The minimum atomic E-state index is -0.473. The van der Waals surface area contributed by atoms with Gasteiger partial charge < -0.3 is 4.74 Å². The van der Waals surface area contributed by atoms with Crippen LogP contribution in [0.15, 0.2) is 24.3 Å². The minimum Gasteiger partial charge on any atom is -0.438 e. The van der Waals surface area contributed by atoms with Crippen molar-refractivity contribution in [2.24, 2.45) is 0 Å². The first kappa shape index (κ1) is 15.2. The summed E-state index contributed by atoms with van der Waals surface area (Å²) in [5.74, 6) is 1.29. The molecule has 0 unspecified atom stereocenters. The number of aryl methyl sites for hydroxylation is 1. The smallest absolute Gasteiger partial charge is 0.273 e. The quantitative estimate of drug-likeness (QED) is 0.479. The molecule has 6 nitrogen and oxygen atoms in total. The summed E-state index contributed by atoms with van der Waals surface area (Å²) in [5, 5.41) is 11.1. The molecule has 1 aromatic carbocycles. The van der Waals surface area contributed by atoms with Crippen LogP contribution in [-0.4, -0.2) is 14.9 Å². The number of nitro groups is 1. The van der Waals surface area contributed by atoms with E-state index in [-0.39, 0.29) is 22.6 Å². The molecule has 7 heteroatoms. The number of nitrogens with zero attached hydrogens (tertiary/aromatic N) is 3. The van der Waals surface area contributed by atoms with E-state index in [2.05, 4.69) is 9.97 Å². The molecule has 0 aliphatic carbocycles. The summed E-state index contributed by atoms with van der Waals surface area (Å²) in [6.07, 6.45) is 0. The van der Waals surface area contributed by atoms with E-state index in [1.54, 1.807) is 13.0 Å². The second kappa shape index (κ2) is 6.05. The first-order chi connectivity index (χ1) is 9.86. The van der Waals surface area contributed by atoms with E-state index in [1.807, 2.05) is 13.8 Å². The molecule has 0 bridgehead atoms. The van der Waals surface area contributed by atoms with Crippen molar-refractivity contribution >= 4 is 17.3 Å². The van der Waals surface area contributed by atoms with Crippen LogP contribution in [0.2, 0.25) is 5.15 Å². The molecule has 0 fully saturated rings. The molecule has 1 heterocycles. The summed E-state index contributed by atoms with van der Waals surface area (Å²) in [4.78, 5) is 18.7. The van der Waals surface area contributed by atoms with E-state index in [4.69, 9.17) is 16.3 Å².